The standard InChI is InChI=1S/C11H17N3O2S/c12-10-5-4-6-11(9-10)17(15,16)13-14-7-2-1-3-8-14/h4-6,9,13H,1-3,7-8,12H2. The number of hydrogen-bond donors (Lipinski definition) is 2. The third-order valence-electron chi connectivity index (χ3n) is 2.77. The zero-order valence-electron chi connectivity index (χ0n) is 9.59. The number of benzene rings is 1. The van der Waals surface area contributed by atoms with Crippen LogP contribution in [0.5, 0.6) is 0 Å². The Bertz CT molecular complexity index is 481. The number of nitrogens with zero attached hydrogens (tertiary/aromatic N) is 1. The predicted molar refractivity (Wildman–Crippen MR) is 66.6 cm³/mol. The molecule has 0 aliphatic carbocycles. The van der Waals surface area contributed by atoms with Crippen LogP contribution in [0.3, 0.4) is 0 Å². The average molecular weight is 255 g/mol. The molecule has 3 N–H and O–H groups in total. The first kappa shape index (κ1) is 12.3. The maximum Gasteiger partial charge on any atom is 0.253 e. The highest BCUT2D eigenvalue weighted by Gasteiger charge is 2.19. The zero-order chi connectivity index (χ0) is 12.3. The van der Waals surface area contributed by atoms with Crippen LogP contribution in [-0.2, 0) is 10.0 Å². The molecule has 0 atom stereocenters. The van der Waals surface area contributed by atoms with Gasteiger partial charge in [-0.2, -0.15) is 0 Å². The molecule has 0 spiro atoms. The lowest BCUT2D eigenvalue weighted by atomic mass is 10.2. The van der Waals surface area contributed by atoms with Crippen LogP contribution >= 0.6 is 0 Å². The fourth-order valence-corrected chi connectivity index (χ4v) is 3.07. The van der Waals surface area contributed by atoms with E-state index < -0.39 is 10.0 Å². The molecule has 0 radical (unpaired) electrons. The maximum absolute atomic E-state index is 12.0. The topological polar surface area (TPSA) is 75.4 Å². The van der Waals surface area contributed by atoms with Gasteiger partial charge in [-0.3, -0.25) is 0 Å². The molecule has 2 rings (SSSR count). The van der Waals surface area contributed by atoms with E-state index in [1.807, 2.05) is 0 Å². The van der Waals surface area contributed by atoms with Gasteiger partial charge in [0.15, 0.2) is 0 Å². The third-order valence-corrected chi connectivity index (χ3v) is 4.15. The van der Waals surface area contributed by atoms with Crippen molar-refractivity contribution in [1.82, 2.24) is 9.84 Å². The number of anilines is 1. The molecule has 1 saturated heterocycles. The van der Waals surface area contributed by atoms with E-state index in [0.29, 0.717) is 5.69 Å². The van der Waals surface area contributed by atoms with Crippen molar-refractivity contribution in [3.05, 3.63) is 24.3 Å². The van der Waals surface area contributed by atoms with Gasteiger partial charge in [0.05, 0.1) is 4.90 Å². The van der Waals surface area contributed by atoms with Crippen LogP contribution in [0.1, 0.15) is 19.3 Å². The van der Waals surface area contributed by atoms with E-state index in [-0.39, 0.29) is 4.90 Å². The number of piperidine rings is 1. The second-order valence-corrected chi connectivity index (χ2v) is 5.88. The number of nitrogens with one attached hydrogen (secondary N) is 1. The van der Waals surface area contributed by atoms with Gasteiger partial charge in [-0.1, -0.05) is 12.5 Å². The van der Waals surface area contributed by atoms with Gasteiger partial charge in [0, 0.05) is 18.8 Å². The van der Waals surface area contributed by atoms with Crippen LogP contribution in [0.25, 0.3) is 0 Å². The smallest absolute Gasteiger partial charge is 0.253 e. The molecule has 1 aliphatic rings. The zero-order valence-corrected chi connectivity index (χ0v) is 10.4. The third kappa shape index (κ3) is 3.18. The first-order valence-corrected chi connectivity index (χ1v) is 7.19. The Morgan fingerprint density at radius 1 is 1.18 bits per heavy atom. The summed E-state index contributed by atoms with van der Waals surface area (Å²) in [6, 6.07) is 6.31. The molecule has 0 aromatic heterocycles. The summed E-state index contributed by atoms with van der Waals surface area (Å²) in [5, 5.41) is 1.75. The molecule has 0 bridgehead atoms. The van der Waals surface area contributed by atoms with E-state index in [4.69, 9.17) is 5.73 Å². The molecule has 94 valence electrons. The summed E-state index contributed by atoms with van der Waals surface area (Å²) in [6.45, 7) is 1.53. The Hall–Kier alpha value is -1.11. The summed E-state index contributed by atoms with van der Waals surface area (Å²) in [7, 11) is -3.49. The fourth-order valence-electron chi connectivity index (χ4n) is 1.89. The minimum Gasteiger partial charge on any atom is -0.399 e. The van der Waals surface area contributed by atoms with Gasteiger partial charge < -0.3 is 5.73 Å². The lowest BCUT2D eigenvalue weighted by molar-refractivity contribution is 0.200. The minimum atomic E-state index is -3.49. The largest absolute Gasteiger partial charge is 0.399 e. The summed E-state index contributed by atoms with van der Waals surface area (Å²) >= 11 is 0. The van der Waals surface area contributed by atoms with Crippen LogP contribution < -0.4 is 10.6 Å². The minimum absolute atomic E-state index is 0.211. The van der Waals surface area contributed by atoms with Gasteiger partial charge in [-0.25, -0.2) is 13.4 Å². The van der Waals surface area contributed by atoms with E-state index in [2.05, 4.69) is 4.83 Å². The maximum atomic E-state index is 12.0. The lowest BCUT2D eigenvalue weighted by Gasteiger charge is -2.26. The predicted octanol–water partition coefficient (Wildman–Crippen LogP) is 0.948. The van der Waals surface area contributed by atoms with Crippen molar-refractivity contribution in [3.8, 4) is 0 Å². The molecule has 0 amide bonds. The van der Waals surface area contributed by atoms with Gasteiger partial charge in [-0.05, 0) is 31.0 Å². The number of sulfonamides is 1. The Morgan fingerprint density at radius 3 is 2.53 bits per heavy atom. The Morgan fingerprint density at radius 2 is 1.88 bits per heavy atom. The number of nitrogen functional groups attached to an aromatic ring is 1. The molecule has 0 saturated carbocycles. The Kier molecular flexibility index (Phi) is 3.66. The second kappa shape index (κ2) is 5.03. The van der Waals surface area contributed by atoms with Crippen LogP contribution in [0.2, 0.25) is 0 Å². The number of rotatable bonds is 3. The van der Waals surface area contributed by atoms with Gasteiger partial charge in [0.2, 0.25) is 0 Å². The molecule has 1 heterocycles. The van der Waals surface area contributed by atoms with Gasteiger partial charge in [0.25, 0.3) is 10.0 Å². The molecule has 1 aliphatic heterocycles. The molecule has 0 unspecified atom stereocenters. The van der Waals surface area contributed by atoms with Gasteiger partial charge in [0.1, 0.15) is 0 Å². The highest BCUT2D eigenvalue weighted by atomic mass is 32.2. The summed E-state index contributed by atoms with van der Waals surface area (Å²) in [5.74, 6) is 0. The van der Waals surface area contributed by atoms with E-state index in [1.54, 1.807) is 23.2 Å². The van der Waals surface area contributed by atoms with Crippen molar-refractivity contribution in [1.29, 1.82) is 0 Å². The summed E-state index contributed by atoms with van der Waals surface area (Å²) < 4.78 is 24.1. The van der Waals surface area contributed by atoms with Gasteiger partial charge in [-0.15, -0.1) is 4.83 Å². The molecular formula is C11H17N3O2S. The molecule has 17 heavy (non-hydrogen) atoms. The van der Waals surface area contributed by atoms with Crippen LogP contribution in [0.4, 0.5) is 5.69 Å². The number of hydrazine groups is 1. The summed E-state index contributed by atoms with van der Waals surface area (Å²) in [5.41, 5.74) is 6.03. The van der Waals surface area contributed by atoms with E-state index in [1.165, 1.54) is 6.07 Å². The quantitative estimate of drug-likeness (QED) is 0.788. The Balaban J connectivity index is 2.13. The van der Waals surface area contributed by atoms with Crippen LogP contribution in [-0.4, -0.2) is 26.5 Å². The van der Waals surface area contributed by atoms with Crippen molar-refractivity contribution in [2.24, 2.45) is 0 Å². The van der Waals surface area contributed by atoms with Crippen molar-refractivity contribution in [3.63, 3.8) is 0 Å². The summed E-state index contributed by atoms with van der Waals surface area (Å²) in [4.78, 5) is 2.80. The number of hydrogen-bond acceptors (Lipinski definition) is 4. The first-order chi connectivity index (χ1) is 8.08. The van der Waals surface area contributed by atoms with E-state index in [9.17, 15) is 8.42 Å². The first-order valence-electron chi connectivity index (χ1n) is 5.71. The van der Waals surface area contributed by atoms with E-state index >= 15 is 0 Å². The molecule has 6 heteroatoms. The molecule has 1 aromatic rings. The fraction of sp³-hybridized carbons (Fsp3) is 0.455. The SMILES string of the molecule is Nc1cccc(S(=O)(=O)NN2CCCCC2)c1. The second-order valence-electron chi connectivity index (χ2n) is 4.21. The lowest BCUT2D eigenvalue weighted by Crippen LogP contribution is -2.44. The molecule has 1 aromatic carbocycles. The normalized spacial score (nSPS) is 18.1. The van der Waals surface area contributed by atoms with Crippen molar-refractivity contribution < 1.29 is 8.42 Å². The van der Waals surface area contributed by atoms with Crippen molar-refractivity contribution >= 4 is 15.7 Å². The molecule has 5 nitrogen and oxygen atoms in total. The Labute approximate surface area is 102 Å². The number of nitrogens with two attached hydrogens (primary N) is 1. The van der Waals surface area contributed by atoms with Crippen LogP contribution in [0, 0.1) is 0 Å². The van der Waals surface area contributed by atoms with E-state index in [0.717, 1.165) is 32.4 Å². The summed E-state index contributed by atoms with van der Waals surface area (Å²) in [6.07, 6.45) is 3.22. The van der Waals surface area contributed by atoms with Gasteiger partial charge >= 0.3 is 0 Å². The monoisotopic (exact) mass is 255 g/mol. The van der Waals surface area contributed by atoms with Crippen molar-refractivity contribution in [2.75, 3.05) is 18.8 Å². The highest BCUT2D eigenvalue weighted by Crippen LogP contribution is 2.14. The van der Waals surface area contributed by atoms with Crippen molar-refractivity contribution in [2.45, 2.75) is 24.2 Å². The van der Waals surface area contributed by atoms with Crippen LogP contribution in [0.15, 0.2) is 29.2 Å². The highest BCUT2D eigenvalue weighted by molar-refractivity contribution is 7.89. The molecular weight excluding hydrogens is 238 g/mol. The molecule has 1 fully saturated rings. The average Bonchev–Trinajstić information content (AvgIpc) is 2.30.